The lowest BCUT2D eigenvalue weighted by molar-refractivity contribution is 0.102. The number of aromatic nitrogens is 4. The molecule has 1 aliphatic heterocycles. The smallest absolute Gasteiger partial charge is 0.262 e. The lowest BCUT2D eigenvalue weighted by Crippen LogP contribution is -2.33. The third-order valence-electron chi connectivity index (χ3n) is 5.64. The highest BCUT2D eigenvalue weighted by molar-refractivity contribution is 6.03. The molecule has 11 heteroatoms. The SMILES string of the molecule is COc1c(OCCN2CCCCC2)ccc2c(=O)n(C)c(NC(=O)c3cnc(N)nc3)nc12. The molecule has 3 N–H and O–H groups in total. The number of nitrogens with zero attached hydrogens (tertiary/aromatic N) is 5. The van der Waals surface area contributed by atoms with Gasteiger partial charge in [-0.3, -0.25) is 24.4 Å². The van der Waals surface area contributed by atoms with Crippen molar-refractivity contribution in [2.45, 2.75) is 19.3 Å². The van der Waals surface area contributed by atoms with Gasteiger partial charge >= 0.3 is 0 Å². The number of fused-ring (bicyclic) bond motifs is 1. The number of nitrogens with one attached hydrogen (secondary N) is 1. The Bertz CT molecular complexity index is 1200. The largest absolute Gasteiger partial charge is 0.491 e. The summed E-state index contributed by atoms with van der Waals surface area (Å²) in [6.45, 7) is 3.47. The maximum absolute atomic E-state index is 12.9. The molecule has 3 heterocycles. The molecule has 2 aromatic heterocycles. The van der Waals surface area contributed by atoms with Gasteiger partial charge in [0.05, 0.1) is 18.1 Å². The zero-order valence-electron chi connectivity index (χ0n) is 18.7. The molecule has 1 amide bonds. The van der Waals surface area contributed by atoms with Gasteiger partial charge in [0.1, 0.15) is 12.1 Å². The fraction of sp³-hybridized carbons (Fsp3) is 0.409. The molecule has 0 atom stereocenters. The molecule has 33 heavy (non-hydrogen) atoms. The summed E-state index contributed by atoms with van der Waals surface area (Å²) in [6.07, 6.45) is 6.30. The van der Waals surface area contributed by atoms with E-state index in [1.165, 1.54) is 50.4 Å². The Morgan fingerprint density at radius 1 is 1.18 bits per heavy atom. The van der Waals surface area contributed by atoms with E-state index in [0.717, 1.165) is 19.6 Å². The Labute approximate surface area is 190 Å². The van der Waals surface area contributed by atoms with Gasteiger partial charge in [-0.15, -0.1) is 0 Å². The van der Waals surface area contributed by atoms with Crippen LogP contribution in [0.4, 0.5) is 11.9 Å². The first-order chi connectivity index (χ1) is 16.0. The summed E-state index contributed by atoms with van der Waals surface area (Å²) in [5.41, 5.74) is 5.62. The predicted octanol–water partition coefficient (Wildman–Crippen LogP) is 1.43. The molecule has 11 nitrogen and oxygen atoms in total. The minimum absolute atomic E-state index is 0.0538. The summed E-state index contributed by atoms with van der Waals surface area (Å²) in [6, 6.07) is 3.37. The van der Waals surface area contributed by atoms with E-state index in [1.807, 2.05) is 0 Å². The molecule has 3 aromatic rings. The maximum atomic E-state index is 12.9. The second-order valence-corrected chi connectivity index (χ2v) is 7.83. The number of carbonyl (C=O) groups excluding carboxylic acids is 1. The fourth-order valence-electron chi connectivity index (χ4n) is 3.81. The summed E-state index contributed by atoms with van der Waals surface area (Å²) >= 11 is 0. The number of ether oxygens (including phenoxy) is 2. The third kappa shape index (κ3) is 4.87. The molecule has 0 unspecified atom stereocenters. The number of likely N-dealkylation sites (tertiary alicyclic amines) is 1. The van der Waals surface area contributed by atoms with Crippen LogP contribution in [0.3, 0.4) is 0 Å². The highest BCUT2D eigenvalue weighted by Gasteiger charge is 2.19. The first kappa shape index (κ1) is 22.5. The van der Waals surface area contributed by atoms with Crippen LogP contribution < -0.4 is 26.1 Å². The second-order valence-electron chi connectivity index (χ2n) is 7.83. The van der Waals surface area contributed by atoms with E-state index >= 15 is 0 Å². The van der Waals surface area contributed by atoms with Crippen LogP contribution in [0.1, 0.15) is 29.6 Å². The number of rotatable bonds is 7. The fourth-order valence-corrected chi connectivity index (χ4v) is 3.81. The molecule has 174 valence electrons. The minimum Gasteiger partial charge on any atom is -0.491 e. The molecule has 1 saturated heterocycles. The van der Waals surface area contributed by atoms with E-state index in [9.17, 15) is 9.59 Å². The van der Waals surface area contributed by atoms with Gasteiger partial charge in [0.25, 0.3) is 11.5 Å². The van der Waals surface area contributed by atoms with Crippen molar-refractivity contribution < 1.29 is 14.3 Å². The molecule has 1 aliphatic rings. The number of amides is 1. The number of benzene rings is 1. The van der Waals surface area contributed by atoms with Crippen molar-refractivity contribution in [3.63, 3.8) is 0 Å². The summed E-state index contributed by atoms with van der Waals surface area (Å²) in [7, 11) is 3.02. The monoisotopic (exact) mass is 453 g/mol. The van der Waals surface area contributed by atoms with Crippen LogP contribution in [-0.4, -0.2) is 63.7 Å². The van der Waals surface area contributed by atoms with Gasteiger partial charge in [0.2, 0.25) is 11.9 Å². The van der Waals surface area contributed by atoms with Gasteiger partial charge in [-0.2, -0.15) is 0 Å². The number of nitrogen functional groups attached to an aromatic ring is 1. The van der Waals surface area contributed by atoms with E-state index in [0.29, 0.717) is 29.0 Å². The van der Waals surface area contributed by atoms with Crippen LogP contribution in [0.5, 0.6) is 11.5 Å². The molecule has 0 aliphatic carbocycles. The number of carbonyl (C=O) groups is 1. The van der Waals surface area contributed by atoms with E-state index in [2.05, 4.69) is 25.2 Å². The van der Waals surface area contributed by atoms with E-state index in [-0.39, 0.29) is 23.0 Å². The molecule has 0 saturated carbocycles. The van der Waals surface area contributed by atoms with E-state index < -0.39 is 5.91 Å². The lowest BCUT2D eigenvalue weighted by atomic mass is 10.1. The zero-order valence-corrected chi connectivity index (χ0v) is 18.7. The average Bonchev–Trinajstić information content (AvgIpc) is 2.83. The molecule has 0 spiro atoms. The van der Waals surface area contributed by atoms with Crippen LogP contribution in [0, 0.1) is 0 Å². The Kier molecular flexibility index (Phi) is 6.68. The topological polar surface area (TPSA) is 137 Å². The Hall–Kier alpha value is -3.73. The van der Waals surface area contributed by atoms with E-state index in [1.54, 1.807) is 12.1 Å². The van der Waals surface area contributed by atoms with Crippen molar-refractivity contribution in [3.05, 3.63) is 40.4 Å². The van der Waals surface area contributed by atoms with Gasteiger partial charge in [-0.05, 0) is 38.1 Å². The summed E-state index contributed by atoms with van der Waals surface area (Å²) in [4.78, 5) is 40.0. The second kappa shape index (κ2) is 9.82. The van der Waals surface area contributed by atoms with Gasteiger partial charge < -0.3 is 15.2 Å². The van der Waals surface area contributed by atoms with Gasteiger partial charge in [-0.1, -0.05) is 6.42 Å². The van der Waals surface area contributed by atoms with Crippen molar-refractivity contribution in [2.75, 3.05) is 44.4 Å². The number of piperidine rings is 1. The van der Waals surface area contributed by atoms with Crippen molar-refractivity contribution in [1.82, 2.24) is 24.4 Å². The molecule has 0 radical (unpaired) electrons. The quantitative estimate of drug-likeness (QED) is 0.544. The minimum atomic E-state index is -0.523. The average molecular weight is 454 g/mol. The highest BCUT2D eigenvalue weighted by atomic mass is 16.5. The zero-order chi connectivity index (χ0) is 23.4. The normalized spacial score (nSPS) is 14.2. The standard InChI is InChI=1S/C22H27N7O4/c1-28-20(31)15-6-7-16(33-11-10-29-8-4-3-5-9-29)18(32-2)17(15)26-22(28)27-19(30)14-12-24-21(23)25-13-14/h6-7,12-13H,3-5,8-11H2,1-2H3,(H2,23,24,25)(H,26,27,30). The maximum Gasteiger partial charge on any atom is 0.262 e. The van der Waals surface area contributed by atoms with Crippen LogP contribution in [-0.2, 0) is 7.05 Å². The van der Waals surface area contributed by atoms with Crippen molar-refractivity contribution in [1.29, 1.82) is 0 Å². The first-order valence-corrected chi connectivity index (χ1v) is 10.8. The number of methoxy groups -OCH3 is 1. The summed E-state index contributed by atoms with van der Waals surface area (Å²) in [5, 5.41) is 2.98. The first-order valence-electron chi connectivity index (χ1n) is 10.8. The Balaban J connectivity index is 1.60. The number of nitrogens with two attached hydrogens (primary N) is 1. The summed E-state index contributed by atoms with van der Waals surface area (Å²) in [5.74, 6) is 0.422. The molecular formula is C22H27N7O4. The number of hydrogen-bond acceptors (Lipinski definition) is 9. The lowest BCUT2D eigenvalue weighted by Gasteiger charge is -2.26. The van der Waals surface area contributed by atoms with Crippen molar-refractivity contribution >= 4 is 28.7 Å². The predicted molar refractivity (Wildman–Crippen MR) is 124 cm³/mol. The molecular weight excluding hydrogens is 426 g/mol. The van der Waals surface area contributed by atoms with Crippen LogP contribution >= 0.6 is 0 Å². The van der Waals surface area contributed by atoms with Crippen LogP contribution in [0.25, 0.3) is 10.9 Å². The van der Waals surface area contributed by atoms with E-state index in [4.69, 9.17) is 15.2 Å². The van der Waals surface area contributed by atoms with Crippen LogP contribution in [0.2, 0.25) is 0 Å². The molecule has 1 fully saturated rings. The Morgan fingerprint density at radius 3 is 2.61 bits per heavy atom. The van der Waals surface area contributed by atoms with Gasteiger partial charge in [-0.25, -0.2) is 15.0 Å². The Morgan fingerprint density at radius 2 is 1.91 bits per heavy atom. The number of anilines is 2. The molecule has 4 rings (SSSR count). The van der Waals surface area contributed by atoms with Gasteiger partial charge in [0.15, 0.2) is 11.5 Å². The molecule has 1 aromatic carbocycles. The third-order valence-corrected chi connectivity index (χ3v) is 5.64. The van der Waals surface area contributed by atoms with Crippen molar-refractivity contribution in [2.24, 2.45) is 7.05 Å². The van der Waals surface area contributed by atoms with Crippen molar-refractivity contribution in [3.8, 4) is 11.5 Å². The molecule has 0 bridgehead atoms. The van der Waals surface area contributed by atoms with Crippen LogP contribution in [0.15, 0.2) is 29.3 Å². The van der Waals surface area contributed by atoms with Gasteiger partial charge in [0, 0.05) is 26.0 Å². The highest BCUT2D eigenvalue weighted by Crippen LogP contribution is 2.33. The summed E-state index contributed by atoms with van der Waals surface area (Å²) < 4.78 is 12.8. The number of hydrogen-bond donors (Lipinski definition) is 2.